The van der Waals surface area contributed by atoms with Gasteiger partial charge in [0.2, 0.25) is 0 Å². The third-order valence-electron chi connectivity index (χ3n) is 6.19. The maximum Gasteiger partial charge on any atom is 0.0796 e. The van der Waals surface area contributed by atoms with Crippen LogP contribution in [0.3, 0.4) is 0 Å². The van der Waals surface area contributed by atoms with E-state index >= 15 is 0 Å². The van der Waals surface area contributed by atoms with Gasteiger partial charge in [-0.3, -0.25) is 0 Å². The summed E-state index contributed by atoms with van der Waals surface area (Å²) in [6.45, 7) is 2.24. The molecule has 1 nitrogen and oxygen atoms in total. The smallest absolute Gasteiger partial charge is 0.0796 e. The first kappa shape index (κ1) is 12.6. The molecule has 1 aromatic carbocycles. The van der Waals surface area contributed by atoms with Crippen LogP contribution >= 0.6 is 12.2 Å². The minimum Gasteiger partial charge on any atom is -0.393 e. The van der Waals surface area contributed by atoms with Crippen molar-refractivity contribution >= 4 is 17.2 Å². The Hall–Kier alpha value is -1.15. The second-order valence-electron chi connectivity index (χ2n) is 6.85. The lowest BCUT2D eigenvalue weighted by Gasteiger charge is -2.31. The molecule has 4 unspecified atom stereocenters. The van der Waals surface area contributed by atoms with Gasteiger partial charge in [-0.2, -0.15) is 0 Å². The molecule has 4 atom stereocenters. The molecular formula is C18H21NS. The Morgan fingerprint density at radius 3 is 2.65 bits per heavy atom. The lowest BCUT2D eigenvalue weighted by Crippen LogP contribution is -2.35. The number of allylic oxidation sites excluding steroid dienone is 2. The number of rotatable bonds is 3. The molecule has 0 heterocycles. The second kappa shape index (κ2) is 3.94. The highest BCUT2D eigenvalue weighted by Gasteiger charge is 2.73. The van der Waals surface area contributed by atoms with Crippen LogP contribution in [-0.2, 0) is 5.41 Å². The third kappa shape index (κ3) is 1.26. The molecule has 4 saturated carbocycles. The van der Waals surface area contributed by atoms with Crippen molar-refractivity contribution < 1.29 is 0 Å². The normalized spacial score (nSPS) is 42.8. The topological polar surface area (TPSA) is 26.0 Å². The molecule has 2 N–H and O–H groups in total. The van der Waals surface area contributed by atoms with E-state index in [1.165, 1.54) is 24.8 Å². The molecule has 0 spiro atoms. The first-order valence-corrected chi connectivity index (χ1v) is 8.10. The summed E-state index contributed by atoms with van der Waals surface area (Å²) in [5.74, 6) is 1.29. The maximum absolute atomic E-state index is 6.19. The van der Waals surface area contributed by atoms with Gasteiger partial charge < -0.3 is 5.73 Å². The third-order valence-corrected chi connectivity index (χ3v) is 6.59. The predicted octanol–water partition coefficient (Wildman–Crippen LogP) is 3.98. The Balaban J connectivity index is 1.87. The Bertz CT molecular complexity index is 605. The van der Waals surface area contributed by atoms with E-state index in [0.717, 1.165) is 11.4 Å². The van der Waals surface area contributed by atoms with Crippen LogP contribution in [0.15, 0.2) is 42.0 Å². The fraction of sp³-hybridized carbons (Fsp3) is 0.500. The molecular weight excluding hydrogens is 262 g/mol. The molecule has 4 aliphatic carbocycles. The lowest BCUT2D eigenvalue weighted by atomic mass is 9.73. The second-order valence-corrected chi connectivity index (χ2v) is 7.28. The molecule has 4 fully saturated rings. The lowest BCUT2D eigenvalue weighted by molar-refractivity contribution is 0.371. The number of thiocarbonyl (C=S) groups is 1. The molecule has 2 heteroatoms. The molecule has 0 aliphatic heterocycles. The Kier molecular flexibility index (Phi) is 2.48. The molecule has 4 aliphatic rings. The zero-order valence-electron chi connectivity index (χ0n) is 11.9. The Morgan fingerprint density at radius 2 is 2.05 bits per heavy atom. The number of benzene rings is 1. The van der Waals surface area contributed by atoms with Crippen LogP contribution in [0.5, 0.6) is 0 Å². The maximum atomic E-state index is 6.19. The van der Waals surface area contributed by atoms with Gasteiger partial charge >= 0.3 is 0 Å². The zero-order valence-corrected chi connectivity index (χ0v) is 12.7. The van der Waals surface area contributed by atoms with Gasteiger partial charge in [-0.25, -0.2) is 0 Å². The monoisotopic (exact) mass is 283 g/mol. The van der Waals surface area contributed by atoms with Gasteiger partial charge in [0.1, 0.15) is 0 Å². The van der Waals surface area contributed by atoms with E-state index in [-0.39, 0.29) is 5.41 Å². The van der Waals surface area contributed by atoms with Crippen molar-refractivity contribution in [1.82, 2.24) is 0 Å². The van der Waals surface area contributed by atoms with E-state index in [1.54, 1.807) is 5.57 Å². The molecule has 20 heavy (non-hydrogen) atoms. The van der Waals surface area contributed by atoms with Gasteiger partial charge in [-0.15, -0.1) is 0 Å². The minimum atomic E-state index is 0.122. The van der Waals surface area contributed by atoms with Gasteiger partial charge in [-0.1, -0.05) is 61.1 Å². The van der Waals surface area contributed by atoms with Gasteiger partial charge in [0, 0.05) is 10.8 Å². The van der Waals surface area contributed by atoms with Crippen LogP contribution in [0.2, 0.25) is 0 Å². The van der Waals surface area contributed by atoms with Gasteiger partial charge in [0.05, 0.1) is 4.99 Å². The van der Waals surface area contributed by atoms with E-state index < -0.39 is 0 Å². The van der Waals surface area contributed by atoms with Crippen LogP contribution in [0.4, 0.5) is 0 Å². The van der Waals surface area contributed by atoms with Gasteiger partial charge in [0.25, 0.3) is 0 Å². The molecule has 0 amide bonds. The Labute approximate surface area is 126 Å². The highest BCUT2D eigenvalue weighted by molar-refractivity contribution is 7.80. The standard InChI is InChI=1S/C18H21NS/c1-2-6-13-14-10-18(16(19)20)11-17(14,9-15(13)18)12-7-4-3-5-8-12/h3-8,14-15H,2,9-11H2,1H3,(H2,19,20)/b13-6-. The van der Waals surface area contributed by atoms with E-state index in [4.69, 9.17) is 18.0 Å². The number of hydrogen-bond acceptors (Lipinski definition) is 1. The number of nitrogens with two attached hydrogens (primary N) is 1. The van der Waals surface area contributed by atoms with Crippen molar-refractivity contribution in [3.63, 3.8) is 0 Å². The van der Waals surface area contributed by atoms with Crippen LogP contribution in [0.1, 0.15) is 38.2 Å². The molecule has 0 aromatic heterocycles. The largest absolute Gasteiger partial charge is 0.393 e. The summed E-state index contributed by atoms with van der Waals surface area (Å²) < 4.78 is 0. The van der Waals surface area contributed by atoms with Crippen LogP contribution in [0, 0.1) is 17.3 Å². The Morgan fingerprint density at radius 1 is 1.30 bits per heavy atom. The summed E-state index contributed by atoms with van der Waals surface area (Å²) >= 11 is 5.48. The van der Waals surface area contributed by atoms with Gasteiger partial charge in [-0.05, 0) is 43.1 Å². The van der Waals surface area contributed by atoms with Crippen molar-refractivity contribution in [1.29, 1.82) is 0 Å². The van der Waals surface area contributed by atoms with Crippen molar-refractivity contribution in [3.05, 3.63) is 47.5 Å². The average Bonchev–Trinajstić information content (AvgIpc) is 3.13. The van der Waals surface area contributed by atoms with Crippen LogP contribution < -0.4 is 5.73 Å². The summed E-state index contributed by atoms with van der Waals surface area (Å²) in [7, 11) is 0. The van der Waals surface area contributed by atoms with E-state index in [1.807, 2.05) is 0 Å². The van der Waals surface area contributed by atoms with Crippen LogP contribution in [-0.4, -0.2) is 4.99 Å². The number of hydrogen-bond donors (Lipinski definition) is 1. The SMILES string of the molecule is CC/C=C1\C2CC3(c4ccccc4)CC2(C(N)=S)CC13. The molecule has 4 bridgehead atoms. The van der Waals surface area contributed by atoms with E-state index in [0.29, 0.717) is 17.3 Å². The average molecular weight is 283 g/mol. The predicted molar refractivity (Wildman–Crippen MR) is 86.5 cm³/mol. The molecule has 0 radical (unpaired) electrons. The van der Waals surface area contributed by atoms with Crippen molar-refractivity contribution in [3.8, 4) is 0 Å². The first-order chi connectivity index (χ1) is 9.64. The minimum absolute atomic E-state index is 0.122. The van der Waals surface area contributed by atoms with Crippen molar-refractivity contribution in [2.45, 2.75) is 38.0 Å². The first-order valence-electron chi connectivity index (χ1n) is 7.69. The van der Waals surface area contributed by atoms with Crippen molar-refractivity contribution in [2.24, 2.45) is 23.0 Å². The summed E-state index contributed by atoms with van der Waals surface area (Å²) in [6.07, 6.45) is 7.20. The molecule has 5 rings (SSSR count). The molecule has 0 saturated heterocycles. The van der Waals surface area contributed by atoms with Gasteiger partial charge in [0.15, 0.2) is 0 Å². The summed E-state index contributed by atoms with van der Waals surface area (Å²) in [6, 6.07) is 11.1. The summed E-state index contributed by atoms with van der Waals surface area (Å²) in [5, 5.41) is 0. The van der Waals surface area contributed by atoms with E-state index in [9.17, 15) is 0 Å². The quantitative estimate of drug-likeness (QED) is 0.671. The van der Waals surface area contributed by atoms with Crippen molar-refractivity contribution in [2.75, 3.05) is 0 Å². The zero-order chi connectivity index (χ0) is 14.0. The van der Waals surface area contributed by atoms with Crippen LogP contribution in [0.25, 0.3) is 0 Å². The summed E-state index contributed by atoms with van der Waals surface area (Å²) in [5.41, 5.74) is 9.79. The highest BCUT2D eigenvalue weighted by atomic mass is 32.1. The summed E-state index contributed by atoms with van der Waals surface area (Å²) in [4.78, 5) is 0.766. The van der Waals surface area contributed by atoms with E-state index in [2.05, 4.69) is 43.3 Å². The highest BCUT2D eigenvalue weighted by Crippen LogP contribution is 2.78. The molecule has 104 valence electrons. The molecule has 1 aromatic rings. The fourth-order valence-electron chi connectivity index (χ4n) is 5.54. The fourth-order valence-corrected chi connectivity index (χ4v) is 5.84.